The Morgan fingerprint density at radius 3 is 1.79 bits per heavy atom. The van der Waals surface area contributed by atoms with Crippen LogP contribution in [0.5, 0.6) is 0 Å². The molecular weight excluding hydrogens is 356 g/mol. The standard InChI is InChI=1S/C23H26O5/c1-2-17-20-21(25-18(24-17)13-15-9-5-3-6-10-15)22-23(28-20)27-19(26-22)14-16-11-7-4-8-12-16/h3-12,17-23H,2,13-14H2,1H3. The molecule has 3 saturated heterocycles. The molecule has 5 heteroatoms. The number of benzene rings is 2. The Hall–Kier alpha value is -1.76. The van der Waals surface area contributed by atoms with Crippen LogP contribution in [0, 0.1) is 0 Å². The average molecular weight is 382 g/mol. The van der Waals surface area contributed by atoms with E-state index in [9.17, 15) is 0 Å². The predicted octanol–water partition coefficient (Wildman–Crippen LogP) is 3.46. The van der Waals surface area contributed by atoms with Crippen LogP contribution < -0.4 is 0 Å². The number of hydrogen-bond acceptors (Lipinski definition) is 5. The van der Waals surface area contributed by atoms with E-state index in [4.69, 9.17) is 23.7 Å². The first-order valence-corrected chi connectivity index (χ1v) is 10.2. The molecule has 0 amide bonds. The normalized spacial score (nSPS) is 36.8. The van der Waals surface area contributed by atoms with Crippen molar-refractivity contribution in [1.82, 2.24) is 0 Å². The largest absolute Gasteiger partial charge is 0.346 e. The summed E-state index contributed by atoms with van der Waals surface area (Å²) in [7, 11) is 0. The summed E-state index contributed by atoms with van der Waals surface area (Å²) in [6, 6.07) is 20.5. The van der Waals surface area contributed by atoms with Crippen molar-refractivity contribution in [3.05, 3.63) is 71.8 Å². The molecule has 3 aliphatic heterocycles. The van der Waals surface area contributed by atoms with Crippen LogP contribution >= 0.6 is 0 Å². The first-order valence-electron chi connectivity index (χ1n) is 10.2. The summed E-state index contributed by atoms with van der Waals surface area (Å²) < 4.78 is 30.9. The smallest absolute Gasteiger partial charge is 0.190 e. The zero-order valence-corrected chi connectivity index (χ0v) is 16.0. The third kappa shape index (κ3) is 3.61. The van der Waals surface area contributed by atoms with Gasteiger partial charge in [0, 0.05) is 12.8 Å². The molecule has 0 aromatic heterocycles. The minimum absolute atomic E-state index is 0.0159. The lowest BCUT2D eigenvalue weighted by molar-refractivity contribution is -0.295. The third-order valence-corrected chi connectivity index (χ3v) is 5.70. The second kappa shape index (κ2) is 7.93. The summed E-state index contributed by atoms with van der Waals surface area (Å²) >= 11 is 0. The Morgan fingerprint density at radius 1 is 0.607 bits per heavy atom. The van der Waals surface area contributed by atoms with Crippen molar-refractivity contribution in [3.8, 4) is 0 Å². The number of hydrogen-bond donors (Lipinski definition) is 0. The predicted molar refractivity (Wildman–Crippen MR) is 103 cm³/mol. The Kier molecular flexibility index (Phi) is 5.18. The van der Waals surface area contributed by atoms with E-state index >= 15 is 0 Å². The second-order valence-corrected chi connectivity index (χ2v) is 7.63. The van der Waals surface area contributed by atoms with Gasteiger partial charge < -0.3 is 23.7 Å². The zero-order valence-electron chi connectivity index (χ0n) is 16.0. The molecule has 0 spiro atoms. The lowest BCUT2D eigenvalue weighted by Crippen LogP contribution is -2.51. The van der Waals surface area contributed by atoms with Gasteiger partial charge in [0.25, 0.3) is 0 Å². The van der Waals surface area contributed by atoms with Crippen molar-refractivity contribution in [3.63, 3.8) is 0 Å². The summed E-state index contributed by atoms with van der Waals surface area (Å²) in [5.74, 6) is 0. The molecule has 5 nitrogen and oxygen atoms in total. The van der Waals surface area contributed by atoms with Gasteiger partial charge >= 0.3 is 0 Å². The number of rotatable bonds is 5. The van der Waals surface area contributed by atoms with Crippen molar-refractivity contribution in [2.45, 2.75) is 69.5 Å². The maximum atomic E-state index is 6.31. The minimum atomic E-state index is -0.392. The Morgan fingerprint density at radius 2 is 1.18 bits per heavy atom. The number of fused-ring (bicyclic) bond motifs is 3. The van der Waals surface area contributed by atoms with Gasteiger partial charge in [-0.25, -0.2) is 0 Å². The van der Waals surface area contributed by atoms with Crippen molar-refractivity contribution in [2.24, 2.45) is 0 Å². The van der Waals surface area contributed by atoms with E-state index in [0.29, 0.717) is 12.8 Å². The van der Waals surface area contributed by atoms with Crippen LogP contribution in [0.15, 0.2) is 60.7 Å². The molecular formula is C23H26O5. The Balaban J connectivity index is 1.27. The van der Waals surface area contributed by atoms with Gasteiger partial charge in [-0.05, 0) is 17.5 Å². The van der Waals surface area contributed by atoms with E-state index in [0.717, 1.165) is 6.42 Å². The van der Waals surface area contributed by atoms with E-state index in [1.807, 2.05) is 36.4 Å². The fourth-order valence-corrected chi connectivity index (χ4v) is 4.33. The Bertz CT molecular complexity index is 767. The molecule has 0 aliphatic carbocycles. The monoisotopic (exact) mass is 382 g/mol. The van der Waals surface area contributed by atoms with Gasteiger partial charge in [0.05, 0.1) is 6.10 Å². The number of ether oxygens (including phenoxy) is 5. The summed E-state index contributed by atoms with van der Waals surface area (Å²) in [6.07, 6.45) is 0.739. The zero-order chi connectivity index (χ0) is 18.9. The highest BCUT2D eigenvalue weighted by Gasteiger charge is 2.57. The van der Waals surface area contributed by atoms with Crippen LogP contribution in [0.2, 0.25) is 0 Å². The average Bonchev–Trinajstić information content (AvgIpc) is 3.27. The molecule has 2 aromatic rings. The van der Waals surface area contributed by atoms with Crippen molar-refractivity contribution < 1.29 is 23.7 Å². The topological polar surface area (TPSA) is 46.2 Å². The molecule has 3 heterocycles. The Labute approximate surface area is 165 Å². The molecule has 7 unspecified atom stereocenters. The summed E-state index contributed by atoms with van der Waals surface area (Å²) in [5, 5.41) is 0. The maximum Gasteiger partial charge on any atom is 0.190 e. The van der Waals surface area contributed by atoms with E-state index < -0.39 is 6.29 Å². The van der Waals surface area contributed by atoms with Gasteiger partial charge in [-0.1, -0.05) is 67.6 Å². The van der Waals surface area contributed by atoms with Crippen molar-refractivity contribution >= 4 is 0 Å². The van der Waals surface area contributed by atoms with Gasteiger partial charge in [0.15, 0.2) is 18.9 Å². The van der Waals surface area contributed by atoms with E-state index in [2.05, 4.69) is 31.2 Å². The van der Waals surface area contributed by atoms with Crippen LogP contribution in [0.25, 0.3) is 0 Å². The van der Waals surface area contributed by atoms with Crippen LogP contribution in [-0.2, 0) is 36.5 Å². The summed E-state index contributed by atoms with van der Waals surface area (Å²) in [6.45, 7) is 2.12. The fraction of sp³-hybridized carbons (Fsp3) is 0.478. The molecule has 2 aromatic carbocycles. The van der Waals surface area contributed by atoms with Gasteiger partial charge in [0.1, 0.15) is 18.3 Å². The maximum absolute atomic E-state index is 6.31. The SMILES string of the molecule is CCC1OC(Cc2ccccc2)OC2C1OC1OC(Cc3ccccc3)OC12. The minimum Gasteiger partial charge on any atom is -0.346 e. The van der Waals surface area contributed by atoms with Crippen LogP contribution in [0.3, 0.4) is 0 Å². The van der Waals surface area contributed by atoms with Crippen LogP contribution in [-0.4, -0.2) is 43.3 Å². The molecule has 0 radical (unpaired) electrons. The third-order valence-electron chi connectivity index (χ3n) is 5.70. The van der Waals surface area contributed by atoms with Crippen LogP contribution in [0.1, 0.15) is 24.5 Å². The molecule has 0 saturated carbocycles. The lowest BCUT2D eigenvalue weighted by Gasteiger charge is -2.39. The molecule has 0 bridgehead atoms. The fourth-order valence-electron chi connectivity index (χ4n) is 4.33. The van der Waals surface area contributed by atoms with Gasteiger partial charge in [-0.2, -0.15) is 0 Å². The molecule has 148 valence electrons. The second-order valence-electron chi connectivity index (χ2n) is 7.63. The highest BCUT2D eigenvalue weighted by molar-refractivity contribution is 5.16. The van der Waals surface area contributed by atoms with E-state index in [-0.39, 0.29) is 37.0 Å². The molecule has 7 atom stereocenters. The van der Waals surface area contributed by atoms with Crippen LogP contribution in [0.4, 0.5) is 0 Å². The van der Waals surface area contributed by atoms with Gasteiger partial charge in [-0.15, -0.1) is 0 Å². The summed E-state index contributed by atoms with van der Waals surface area (Å²) in [4.78, 5) is 0. The molecule has 3 aliphatic rings. The lowest BCUT2D eigenvalue weighted by atomic mass is 10.0. The molecule has 3 fully saturated rings. The molecule has 5 rings (SSSR count). The van der Waals surface area contributed by atoms with E-state index in [1.165, 1.54) is 11.1 Å². The quantitative estimate of drug-likeness (QED) is 0.793. The highest BCUT2D eigenvalue weighted by atomic mass is 16.8. The first kappa shape index (κ1) is 18.3. The van der Waals surface area contributed by atoms with E-state index in [1.54, 1.807) is 0 Å². The summed E-state index contributed by atoms with van der Waals surface area (Å²) in [5.41, 5.74) is 2.38. The van der Waals surface area contributed by atoms with Gasteiger partial charge in [-0.3, -0.25) is 0 Å². The van der Waals surface area contributed by atoms with Crippen molar-refractivity contribution in [1.29, 1.82) is 0 Å². The highest BCUT2D eigenvalue weighted by Crippen LogP contribution is 2.41. The first-order chi connectivity index (χ1) is 13.8. The van der Waals surface area contributed by atoms with Gasteiger partial charge in [0.2, 0.25) is 0 Å². The molecule has 0 N–H and O–H groups in total. The van der Waals surface area contributed by atoms with Crippen molar-refractivity contribution in [2.75, 3.05) is 0 Å². The molecule has 28 heavy (non-hydrogen) atoms.